The van der Waals surface area contributed by atoms with E-state index < -0.39 is 0 Å². The lowest BCUT2D eigenvalue weighted by Crippen LogP contribution is -2.52. The van der Waals surface area contributed by atoms with Crippen molar-refractivity contribution >= 4 is 5.91 Å². The molecule has 0 spiro atoms. The molecule has 1 aliphatic rings. The van der Waals surface area contributed by atoms with E-state index in [1.165, 1.54) is 0 Å². The summed E-state index contributed by atoms with van der Waals surface area (Å²) in [5, 5.41) is 9.79. The first-order valence-electron chi connectivity index (χ1n) is 4.64. The van der Waals surface area contributed by atoms with Crippen LogP contribution in [0.2, 0.25) is 0 Å². The van der Waals surface area contributed by atoms with Crippen molar-refractivity contribution in [2.24, 2.45) is 0 Å². The molecular formula is C9H13N3O2. The third kappa shape index (κ3) is 1.63. The van der Waals surface area contributed by atoms with Gasteiger partial charge in [-0.1, -0.05) is 5.16 Å². The maximum atomic E-state index is 11.5. The van der Waals surface area contributed by atoms with E-state index in [2.05, 4.69) is 15.8 Å². The number of nitrogens with zero attached hydrogens (tertiary/aromatic N) is 1. The predicted molar refractivity (Wildman–Crippen MR) is 49.6 cm³/mol. The Labute approximate surface area is 81.8 Å². The second-order valence-electron chi connectivity index (χ2n) is 3.61. The Kier molecular flexibility index (Phi) is 2.25. The summed E-state index contributed by atoms with van der Waals surface area (Å²) in [5.74, 6) is 0.671. The fourth-order valence-electron chi connectivity index (χ4n) is 1.52. The number of carbonyl (C=O) groups excluding carboxylic acids is 1. The van der Waals surface area contributed by atoms with E-state index >= 15 is 0 Å². The van der Waals surface area contributed by atoms with E-state index in [-0.39, 0.29) is 18.0 Å². The number of hydrogen-bond acceptors (Lipinski definition) is 4. The zero-order valence-electron chi connectivity index (χ0n) is 8.20. The summed E-state index contributed by atoms with van der Waals surface area (Å²) >= 11 is 0. The van der Waals surface area contributed by atoms with Crippen molar-refractivity contribution in [3.05, 3.63) is 17.5 Å². The summed E-state index contributed by atoms with van der Waals surface area (Å²) in [5.41, 5.74) is 0.645. The lowest BCUT2D eigenvalue weighted by Gasteiger charge is -2.27. The number of rotatable bonds is 1. The molecule has 1 amide bonds. The Morgan fingerprint density at radius 2 is 2.43 bits per heavy atom. The van der Waals surface area contributed by atoms with Crippen LogP contribution in [0.3, 0.4) is 0 Å². The minimum absolute atomic E-state index is 0.0450. The zero-order valence-corrected chi connectivity index (χ0v) is 8.20. The quantitative estimate of drug-likeness (QED) is 0.668. The molecule has 5 nitrogen and oxygen atoms in total. The van der Waals surface area contributed by atoms with Crippen LogP contribution >= 0.6 is 0 Å². The summed E-state index contributed by atoms with van der Waals surface area (Å²) in [6.45, 7) is 4.48. The molecule has 0 bridgehead atoms. The molecular weight excluding hydrogens is 182 g/mol. The van der Waals surface area contributed by atoms with Gasteiger partial charge in [-0.25, -0.2) is 0 Å². The highest BCUT2D eigenvalue weighted by Gasteiger charge is 2.29. The van der Waals surface area contributed by atoms with Crippen LogP contribution < -0.4 is 10.6 Å². The molecule has 0 aliphatic carbocycles. The van der Waals surface area contributed by atoms with E-state index in [4.69, 9.17) is 4.52 Å². The summed E-state index contributed by atoms with van der Waals surface area (Å²) in [4.78, 5) is 11.5. The molecule has 1 fully saturated rings. The van der Waals surface area contributed by atoms with Crippen LogP contribution in [0.15, 0.2) is 10.6 Å². The minimum Gasteiger partial charge on any atom is -0.361 e. The predicted octanol–water partition coefficient (Wildman–Crippen LogP) is 0.132. The molecule has 1 saturated heterocycles. The van der Waals surface area contributed by atoms with Crippen LogP contribution in [0, 0.1) is 6.92 Å². The van der Waals surface area contributed by atoms with Crippen molar-refractivity contribution in [2.75, 3.05) is 6.54 Å². The molecule has 5 heteroatoms. The number of amides is 1. The van der Waals surface area contributed by atoms with Gasteiger partial charge in [0.1, 0.15) is 17.5 Å². The van der Waals surface area contributed by atoms with Crippen molar-refractivity contribution < 1.29 is 9.32 Å². The van der Waals surface area contributed by atoms with Crippen molar-refractivity contribution in [1.29, 1.82) is 0 Å². The largest absolute Gasteiger partial charge is 0.361 e. The van der Waals surface area contributed by atoms with E-state index in [9.17, 15) is 4.79 Å². The van der Waals surface area contributed by atoms with E-state index in [0.717, 1.165) is 0 Å². The maximum absolute atomic E-state index is 11.5. The summed E-state index contributed by atoms with van der Waals surface area (Å²) in [6, 6.07) is 1.65. The third-order valence-corrected chi connectivity index (χ3v) is 2.24. The minimum atomic E-state index is -0.379. The van der Waals surface area contributed by atoms with Gasteiger partial charge in [0.15, 0.2) is 0 Å². The van der Waals surface area contributed by atoms with Crippen molar-refractivity contribution in [3.8, 4) is 0 Å². The van der Waals surface area contributed by atoms with Gasteiger partial charge < -0.3 is 9.84 Å². The monoisotopic (exact) mass is 195 g/mol. The van der Waals surface area contributed by atoms with Gasteiger partial charge in [0.05, 0.1) is 0 Å². The summed E-state index contributed by atoms with van der Waals surface area (Å²) < 4.78 is 4.93. The van der Waals surface area contributed by atoms with Crippen molar-refractivity contribution in [1.82, 2.24) is 15.8 Å². The summed E-state index contributed by atoms with van der Waals surface area (Å²) in [7, 11) is 0. The molecule has 2 heterocycles. The van der Waals surface area contributed by atoms with Gasteiger partial charge >= 0.3 is 0 Å². The number of aryl methyl sites for hydroxylation is 1. The lowest BCUT2D eigenvalue weighted by molar-refractivity contribution is -0.125. The van der Waals surface area contributed by atoms with Gasteiger partial charge in [-0.15, -0.1) is 0 Å². The molecule has 2 atom stereocenters. The van der Waals surface area contributed by atoms with Crippen LogP contribution in [0.25, 0.3) is 0 Å². The molecule has 2 unspecified atom stereocenters. The number of carbonyl (C=O) groups is 1. The average Bonchev–Trinajstić information content (AvgIpc) is 2.56. The fraction of sp³-hybridized carbons (Fsp3) is 0.556. The second-order valence-corrected chi connectivity index (χ2v) is 3.61. The summed E-state index contributed by atoms with van der Waals surface area (Å²) in [6.07, 6.45) is 0. The SMILES string of the molecule is Cc1cc(C2NC(C)CNC2=O)no1. The van der Waals surface area contributed by atoms with Crippen LogP contribution in [0.1, 0.15) is 24.4 Å². The first kappa shape index (κ1) is 9.21. The number of piperazine rings is 1. The van der Waals surface area contributed by atoms with Gasteiger partial charge in [-0.2, -0.15) is 0 Å². The maximum Gasteiger partial charge on any atom is 0.243 e. The second kappa shape index (κ2) is 3.42. The molecule has 0 aromatic carbocycles. The molecule has 0 saturated carbocycles. The van der Waals surface area contributed by atoms with Crippen LogP contribution in [0.5, 0.6) is 0 Å². The van der Waals surface area contributed by atoms with E-state index in [0.29, 0.717) is 18.0 Å². The Bertz CT molecular complexity index is 348. The Balaban J connectivity index is 2.19. The first-order chi connectivity index (χ1) is 6.66. The normalized spacial score (nSPS) is 27.4. The number of aromatic nitrogens is 1. The highest BCUT2D eigenvalue weighted by Crippen LogP contribution is 2.15. The molecule has 2 N–H and O–H groups in total. The van der Waals surface area contributed by atoms with E-state index in [1.807, 2.05) is 6.92 Å². The van der Waals surface area contributed by atoms with Gasteiger partial charge in [0.25, 0.3) is 0 Å². The first-order valence-corrected chi connectivity index (χ1v) is 4.64. The van der Waals surface area contributed by atoms with Gasteiger partial charge in [0.2, 0.25) is 5.91 Å². The van der Waals surface area contributed by atoms with Gasteiger partial charge in [0, 0.05) is 18.7 Å². The van der Waals surface area contributed by atoms with Gasteiger partial charge in [-0.3, -0.25) is 10.1 Å². The van der Waals surface area contributed by atoms with Crippen LogP contribution in [0.4, 0.5) is 0 Å². The standard InChI is InChI=1S/C9H13N3O2/c1-5-4-10-9(13)8(11-5)7-3-6(2)14-12-7/h3,5,8,11H,4H2,1-2H3,(H,10,13). The molecule has 14 heavy (non-hydrogen) atoms. The number of nitrogens with one attached hydrogen (secondary N) is 2. The Hall–Kier alpha value is -1.36. The molecule has 1 aliphatic heterocycles. The molecule has 0 radical (unpaired) electrons. The smallest absolute Gasteiger partial charge is 0.243 e. The Morgan fingerprint density at radius 3 is 3.07 bits per heavy atom. The van der Waals surface area contributed by atoms with Gasteiger partial charge in [-0.05, 0) is 13.8 Å². The number of hydrogen-bond donors (Lipinski definition) is 2. The van der Waals surface area contributed by atoms with Crippen molar-refractivity contribution in [2.45, 2.75) is 25.9 Å². The van der Waals surface area contributed by atoms with Crippen LogP contribution in [-0.4, -0.2) is 23.7 Å². The van der Waals surface area contributed by atoms with E-state index in [1.54, 1.807) is 13.0 Å². The topological polar surface area (TPSA) is 67.2 Å². The molecule has 1 aromatic heterocycles. The molecule has 76 valence electrons. The molecule has 1 aromatic rings. The highest BCUT2D eigenvalue weighted by molar-refractivity contribution is 5.83. The lowest BCUT2D eigenvalue weighted by atomic mass is 10.1. The molecule has 2 rings (SSSR count). The average molecular weight is 195 g/mol. The fourth-order valence-corrected chi connectivity index (χ4v) is 1.52. The van der Waals surface area contributed by atoms with Crippen LogP contribution in [-0.2, 0) is 4.79 Å². The highest BCUT2D eigenvalue weighted by atomic mass is 16.5. The van der Waals surface area contributed by atoms with Crippen molar-refractivity contribution in [3.63, 3.8) is 0 Å². The Morgan fingerprint density at radius 1 is 1.64 bits per heavy atom. The third-order valence-electron chi connectivity index (χ3n) is 2.24. The zero-order chi connectivity index (χ0) is 10.1.